The van der Waals surface area contributed by atoms with Crippen molar-refractivity contribution < 1.29 is 17.9 Å². The van der Waals surface area contributed by atoms with Gasteiger partial charge in [-0.2, -0.15) is 0 Å². The summed E-state index contributed by atoms with van der Waals surface area (Å²) in [5, 5.41) is 14.2. The van der Waals surface area contributed by atoms with Gasteiger partial charge in [0.1, 0.15) is 5.82 Å². The van der Waals surface area contributed by atoms with Gasteiger partial charge in [0.15, 0.2) is 0 Å². The number of hydrogen-bond donors (Lipinski definition) is 2. The average molecular weight is 247 g/mol. The molecule has 0 saturated carbocycles. The third-order valence-electron chi connectivity index (χ3n) is 2.51. The molecule has 1 aromatic carbocycles. The molecule has 16 heavy (non-hydrogen) atoms. The first-order valence-electron chi connectivity index (χ1n) is 4.74. The minimum absolute atomic E-state index is 0.266. The van der Waals surface area contributed by atoms with Crippen LogP contribution in [0.15, 0.2) is 23.1 Å². The monoisotopic (exact) mass is 247 g/mol. The van der Waals surface area contributed by atoms with Crippen molar-refractivity contribution in [1.29, 1.82) is 0 Å². The van der Waals surface area contributed by atoms with Gasteiger partial charge >= 0.3 is 0 Å². The van der Waals surface area contributed by atoms with Gasteiger partial charge in [0.05, 0.1) is 11.0 Å². The lowest BCUT2D eigenvalue weighted by atomic mass is 9.96. The molecule has 3 N–H and O–H groups in total. The zero-order chi connectivity index (χ0) is 12.5. The standard InChI is InChI=1S/C10H14FNO3S/c1-6(7(2)13)9-4-3-8(5-10(9)11)16(12,14)15/h3-7,13H,1-2H3,(H2,12,14,15). The number of halogens is 1. The van der Waals surface area contributed by atoms with Gasteiger partial charge in [-0.3, -0.25) is 0 Å². The van der Waals surface area contributed by atoms with E-state index in [1.807, 2.05) is 0 Å². The molecular formula is C10H14FNO3S. The van der Waals surface area contributed by atoms with Gasteiger partial charge in [0.25, 0.3) is 0 Å². The van der Waals surface area contributed by atoms with Crippen molar-refractivity contribution in [3.8, 4) is 0 Å². The summed E-state index contributed by atoms with van der Waals surface area (Å²) >= 11 is 0. The van der Waals surface area contributed by atoms with E-state index in [4.69, 9.17) is 5.14 Å². The van der Waals surface area contributed by atoms with Gasteiger partial charge < -0.3 is 5.11 Å². The molecule has 0 radical (unpaired) electrons. The van der Waals surface area contributed by atoms with Crippen molar-refractivity contribution in [1.82, 2.24) is 0 Å². The van der Waals surface area contributed by atoms with Crippen molar-refractivity contribution in [2.75, 3.05) is 0 Å². The molecule has 90 valence electrons. The summed E-state index contributed by atoms with van der Waals surface area (Å²) in [5.74, 6) is -1.09. The number of hydrogen-bond acceptors (Lipinski definition) is 3. The first-order valence-corrected chi connectivity index (χ1v) is 6.28. The number of rotatable bonds is 3. The number of aliphatic hydroxyl groups is 1. The van der Waals surface area contributed by atoms with Crippen molar-refractivity contribution in [3.63, 3.8) is 0 Å². The maximum Gasteiger partial charge on any atom is 0.238 e. The Morgan fingerprint density at radius 2 is 1.94 bits per heavy atom. The second-order valence-electron chi connectivity index (χ2n) is 3.76. The van der Waals surface area contributed by atoms with Crippen LogP contribution < -0.4 is 5.14 Å². The van der Waals surface area contributed by atoms with Crippen LogP contribution in [0.2, 0.25) is 0 Å². The molecule has 0 heterocycles. The Bertz CT molecular complexity index is 485. The molecule has 4 nitrogen and oxygen atoms in total. The van der Waals surface area contributed by atoms with E-state index in [1.54, 1.807) is 6.92 Å². The minimum Gasteiger partial charge on any atom is -0.393 e. The smallest absolute Gasteiger partial charge is 0.238 e. The minimum atomic E-state index is -3.89. The van der Waals surface area contributed by atoms with Gasteiger partial charge in [-0.05, 0) is 24.6 Å². The molecule has 0 saturated heterocycles. The molecule has 6 heteroatoms. The molecule has 2 atom stereocenters. The van der Waals surface area contributed by atoms with Crippen molar-refractivity contribution in [2.24, 2.45) is 5.14 Å². The molecule has 0 aliphatic carbocycles. The Morgan fingerprint density at radius 3 is 2.31 bits per heavy atom. The van der Waals surface area contributed by atoms with Gasteiger partial charge in [0, 0.05) is 5.92 Å². The maximum absolute atomic E-state index is 13.6. The predicted octanol–water partition coefficient (Wildman–Crippen LogP) is 0.957. The van der Waals surface area contributed by atoms with Gasteiger partial charge in [-0.25, -0.2) is 17.9 Å². The largest absolute Gasteiger partial charge is 0.393 e. The Labute approximate surface area is 94.0 Å². The highest BCUT2D eigenvalue weighted by Crippen LogP contribution is 2.24. The van der Waals surface area contributed by atoms with Gasteiger partial charge in [-0.1, -0.05) is 13.0 Å². The predicted molar refractivity (Wildman–Crippen MR) is 57.9 cm³/mol. The Balaban J connectivity index is 3.20. The summed E-state index contributed by atoms with van der Waals surface area (Å²) in [5.41, 5.74) is 0.266. The van der Waals surface area contributed by atoms with E-state index >= 15 is 0 Å². The summed E-state index contributed by atoms with van der Waals surface area (Å²) in [4.78, 5) is -0.272. The van der Waals surface area contributed by atoms with Crippen LogP contribution in [-0.4, -0.2) is 19.6 Å². The molecular weight excluding hydrogens is 233 g/mol. The molecule has 0 amide bonds. The van der Waals surface area contributed by atoms with E-state index in [0.29, 0.717) is 0 Å². The van der Waals surface area contributed by atoms with Crippen LogP contribution in [0.4, 0.5) is 4.39 Å². The molecule has 0 fully saturated rings. The molecule has 0 aliphatic rings. The van der Waals surface area contributed by atoms with Crippen molar-refractivity contribution >= 4 is 10.0 Å². The normalized spacial score (nSPS) is 15.8. The number of primary sulfonamides is 1. The SMILES string of the molecule is CC(O)C(C)c1ccc(S(N)(=O)=O)cc1F. The second-order valence-corrected chi connectivity index (χ2v) is 5.32. The molecule has 0 aromatic heterocycles. The van der Waals surface area contributed by atoms with Gasteiger partial charge in [0.2, 0.25) is 10.0 Å². The molecule has 1 aromatic rings. The van der Waals surface area contributed by atoms with Crippen LogP contribution in [-0.2, 0) is 10.0 Å². The highest BCUT2D eigenvalue weighted by atomic mass is 32.2. The molecule has 0 spiro atoms. The fourth-order valence-electron chi connectivity index (χ4n) is 1.31. The molecule has 2 unspecified atom stereocenters. The Morgan fingerprint density at radius 1 is 1.38 bits per heavy atom. The van der Waals surface area contributed by atoms with Crippen LogP contribution >= 0.6 is 0 Å². The van der Waals surface area contributed by atoms with Crippen LogP contribution in [0.3, 0.4) is 0 Å². The van der Waals surface area contributed by atoms with E-state index in [2.05, 4.69) is 0 Å². The highest BCUT2D eigenvalue weighted by molar-refractivity contribution is 7.89. The lowest BCUT2D eigenvalue weighted by Gasteiger charge is -2.16. The number of sulfonamides is 1. The third-order valence-corrected chi connectivity index (χ3v) is 3.43. The lowest BCUT2D eigenvalue weighted by Crippen LogP contribution is -2.15. The fraction of sp³-hybridized carbons (Fsp3) is 0.400. The molecule has 0 aliphatic heterocycles. The van der Waals surface area contributed by atoms with E-state index in [1.165, 1.54) is 19.1 Å². The van der Waals surface area contributed by atoms with Crippen LogP contribution in [0.5, 0.6) is 0 Å². The second kappa shape index (κ2) is 4.48. The van der Waals surface area contributed by atoms with Crippen LogP contribution in [0.25, 0.3) is 0 Å². The highest BCUT2D eigenvalue weighted by Gasteiger charge is 2.18. The van der Waals surface area contributed by atoms with E-state index in [0.717, 1.165) is 6.07 Å². The summed E-state index contributed by atoms with van der Waals surface area (Å²) in [6.45, 7) is 3.19. The lowest BCUT2D eigenvalue weighted by molar-refractivity contribution is 0.167. The van der Waals surface area contributed by atoms with Crippen molar-refractivity contribution in [3.05, 3.63) is 29.6 Å². The quantitative estimate of drug-likeness (QED) is 0.834. The number of aliphatic hydroxyl groups excluding tert-OH is 1. The van der Waals surface area contributed by atoms with Crippen LogP contribution in [0, 0.1) is 5.82 Å². The summed E-state index contributed by atoms with van der Waals surface area (Å²) in [6, 6.07) is 3.42. The number of benzene rings is 1. The fourth-order valence-corrected chi connectivity index (χ4v) is 1.84. The molecule has 1 rings (SSSR count). The van der Waals surface area contributed by atoms with Crippen molar-refractivity contribution in [2.45, 2.75) is 30.8 Å². The van der Waals surface area contributed by atoms with E-state index < -0.39 is 27.9 Å². The summed E-state index contributed by atoms with van der Waals surface area (Å²) in [7, 11) is -3.89. The number of nitrogens with two attached hydrogens (primary N) is 1. The maximum atomic E-state index is 13.6. The third kappa shape index (κ3) is 2.78. The first-order chi connectivity index (χ1) is 7.23. The summed E-state index contributed by atoms with van der Waals surface area (Å²) < 4.78 is 35.5. The summed E-state index contributed by atoms with van der Waals surface area (Å²) in [6.07, 6.45) is -0.713. The first kappa shape index (κ1) is 13.1. The zero-order valence-corrected chi connectivity index (χ0v) is 9.83. The molecule has 0 bridgehead atoms. The topological polar surface area (TPSA) is 80.4 Å². The average Bonchev–Trinajstić information content (AvgIpc) is 2.15. The van der Waals surface area contributed by atoms with Gasteiger partial charge in [-0.15, -0.1) is 0 Å². The van der Waals surface area contributed by atoms with E-state index in [9.17, 15) is 17.9 Å². The van der Waals surface area contributed by atoms with Crippen LogP contribution in [0.1, 0.15) is 25.3 Å². The Kier molecular flexibility index (Phi) is 3.67. The zero-order valence-electron chi connectivity index (χ0n) is 9.01. The Hall–Kier alpha value is -0.980. The van der Waals surface area contributed by atoms with E-state index in [-0.39, 0.29) is 10.5 Å².